The monoisotopic (exact) mass is 272 g/mol. The van der Waals surface area contributed by atoms with Crippen LogP contribution in [0.3, 0.4) is 0 Å². The summed E-state index contributed by atoms with van der Waals surface area (Å²) >= 11 is 0. The second kappa shape index (κ2) is 6.28. The van der Waals surface area contributed by atoms with Crippen LogP contribution in [0.5, 0.6) is 0 Å². The Kier molecular flexibility index (Phi) is 4.42. The first kappa shape index (κ1) is 14.1. The van der Waals surface area contributed by atoms with E-state index in [1.807, 2.05) is 0 Å². The molecule has 1 aromatic carbocycles. The lowest BCUT2D eigenvalue weighted by Crippen LogP contribution is -2.32. The van der Waals surface area contributed by atoms with Gasteiger partial charge in [-0.05, 0) is 56.6 Å². The van der Waals surface area contributed by atoms with Gasteiger partial charge in [0.2, 0.25) is 0 Å². The fraction of sp³-hybridized carbons (Fsp3) is 0.667. The minimum absolute atomic E-state index is 0.639. The van der Waals surface area contributed by atoms with Gasteiger partial charge in [0, 0.05) is 31.7 Å². The molecular weight excluding hydrogens is 244 g/mol. The zero-order valence-electron chi connectivity index (χ0n) is 12.9. The second-order valence-corrected chi connectivity index (χ2v) is 6.89. The van der Waals surface area contributed by atoms with Gasteiger partial charge >= 0.3 is 0 Å². The number of hydrogen-bond donors (Lipinski definition) is 1. The highest BCUT2D eigenvalue weighted by Gasteiger charge is 2.26. The molecule has 0 atom stereocenters. The molecule has 0 spiro atoms. The van der Waals surface area contributed by atoms with Gasteiger partial charge in [0.15, 0.2) is 0 Å². The number of benzene rings is 1. The van der Waals surface area contributed by atoms with Crippen molar-refractivity contribution < 1.29 is 0 Å². The first-order valence-electron chi connectivity index (χ1n) is 8.26. The molecule has 0 unspecified atom stereocenters. The van der Waals surface area contributed by atoms with E-state index >= 15 is 0 Å². The average molecular weight is 272 g/mol. The highest BCUT2D eigenvalue weighted by molar-refractivity contribution is 5.27. The van der Waals surface area contributed by atoms with E-state index < -0.39 is 0 Å². The molecule has 0 saturated heterocycles. The Morgan fingerprint density at radius 3 is 2.40 bits per heavy atom. The highest BCUT2D eigenvalue weighted by atomic mass is 15.1. The third kappa shape index (κ3) is 4.07. The molecule has 2 nitrogen and oxygen atoms in total. The molecule has 0 aliphatic heterocycles. The molecule has 0 amide bonds. The molecule has 1 N–H and O–H groups in total. The maximum absolute atomic E-state index is 3.65. The molecule has 3 rings (SSSR count). The Hall–Kier alpha value is -0.860. The molecule has 0 heterocycles. The molecule has 20 heavy (non-hydrogen) atoms. The Morgan fingerprint density at radius 1 is 1.10 bits per heavy atom. The van der Waals surface area contributed by atoms with Crippen LogP contribution >= 0.6 is 0 Å². The molecule has 0 bridgehead atoms. The number of nitrogens with one attached hydrogen (secondary N) is 1. The largest absolute Gasteiger partial charge is 0.310 e. The summed E-state index contributed by atoms with van der Waals surface area (Å²) in [7, 11) is 0. The highest BCUT2D eigenvalue weighted by Crippen LogP contribution is 2.31. The molecule has 1 aromatic rings. The summed E-state index contributed by atoms with van der Waals surface area (Å²) in [5, 5.41) is 3.65. The first-order valence-corrected chi connectivity index (χ1v) is 8.26. The van der Waals surface area contributed by atoms with E-state index in [2.05, 4.69) is 48.3 Å². The van der Waals surface area contributed by atoms with E-state index in [4.69, 9.17) is 0 Å². The van der Waals surface area contributed by atoms with Crippen LogP contribution in [0.25, 0.3) is 0 Å². The van der Waals surface area contributed by atoms with Crippen LogP contribution in [0.4, 0.5) is 0 Å². The number of rotatable bonds is 8. The van der Waals surface area contributed by atoms with Crippen molar-refractivity contribution in [3.05, 3.63) is 35.4 Å². The quantitative estimate of drug-likeness (QED) is 0.778. The van der Waals surface area contributed by atoms with Crippen molar-refractivity contribution in [1.29, 1.82) is 0 Å². The number of hydrogen-bond acceptors (Lipinski definition) is 2. The van der Waals surface area contributed by atoms with Crippen molar-refractivity contribution in [3.8, 4) is 0 Å². The van der Waals surface area contributed by atoms with E-state index in [1.165, 1.54) is 43.4 Å². The molecule has 2 saturated carbocycles. The predicted octanol–water partition coefficient (Wildman–Crippen LogP) is 3.56. The summed E-state index contributed by atoms with van der Waals surface area (Å²) in [6, 6.07) is 10.4. The van der Waals surface area contributed by atoms with E-state index in [9.17, 15) is 0 Å². The standard InChI is InChI=1S/C18H28N2/c1-14(2)20(12-15-7-8-15)13-17-6-4-3-5-16(17)11-19-18-9-10-18/h3-6,14-15,18-19H,7-13H2,1-2H3. The van der Waals surface area contributed by atoms with Crippen LogP contribution < -0.4 is 5.32 Å². The Balaban J connectivity index is 1.63. The summed E-state index contributed by atoms with van der Waals surface area (Å²) in [5.41, 5.74) is 3.00. The maximum atomic E-state index is 3.65. The fourth-order valence-electron chi connectivity index (χ4n) is 2.73. The van der Waals surface area contributed by atoms with Gasteiger partial charge in [-0.25, -0.2) is 0 Å². The van der Waals surface area contributed by atoms with Crippen molar-refractivity contribution in [3.63, 3.8) is 0 Å². The second-order valence-electron chi connectivity index (χ2n) is 6.89. The minimum Gasteiger partial charge on any atom is -0.310 e. The lowest BCUT2D eigenvalue weighted by atomic mass is 10.1. The molecule has 2 aliphatic carbocycles. The van der Waals surface area contributed by atoms with Crippen molar-refractivity contribution in [1.82, 2.24) is 10.2 Å². The van der Waals surface area contributed by atoms with Crippen molar-refractivity contribution in [2.75, 3.05) is 6.54 Å². The molecular formula is C18H28N2. The van der Waals surface area contributed by atoms with Gasteiger partial charge in [-0.3, -0.25) is 4.90 Å². The topological polar surface area (TPSA) is 15.3 Å². The zero-order chi connectivity index (χ0) is 13.9. The third-order valence-electron chi connectivity index (χ3n) is 4.57. The van der Waals surface area contributed by atoms with Gasteiger partial charge in [0.05, 0.1) is 0 Å². The average Bonchev–Trinajstić information content (AvgIpc) is 3.31. The van der Waals surface area contributed by atoms with Gasteiger partial charge in [-0.2, -0.15) is 0 Å². The van der Waals surface area contributed by atoms with Crippen molar-refractivity contribution >= 4 is 0 Å². The van der Waals surface area contributed by atoms with E-state index in [-0.39, 0.29) is 0 Å². The first-order chi connectivity index (χ1) is 9.72. The normalized spacial score (nSPS) is 19.0. The molecule has 110 valence electrons. The zero-order valence-corrected chi connectivity index (χ0v) is 12.9. The minimum atomic E-state index is 0.639. The van der Waals surface area contributed by atoms with Gasteiger partial charge in [-0.1, -0.05) is 24.3 Å². The molecule has 2 heteroatoms. The summed E-state index contributed by atoms with van der Waals surface area (Å²) in [5.74, 6) is 0.967. The predicted molar refractivity (Wildman–Crippen MR) is 84.6 cm³/mol. The SMILES string of the molecule is CC(C)N(Cc1ccccc1CNC1CC1)CC1CC1. The Morgan fingerprint density at radius 2 is 1.80 bits per heavy atom. The van der Waals surface area contributed by atoms with Crippen LogP contribution in [-0.2, 0) is 13.1 Å². The fourth-order valence-corrected chi connectivity index (χ4v) is 2.73. The van der Waals surface area contributed by atoms with Gasteiger partial charge < -0.3 is 5.32 Å². The van der Waals surface area contributed by atoms with E-state index in [0.717, 1.165) is 25.0 Å². The van der Waals surface area contributed by atoms with E-state index in [1.54, 1.807) is 0 Å². The third-order valence-corrected chi connectivity index (χ3v) is 4.57. The smallest absolute Gasteiger partial charge is 0.0239 e. The van der Waals surface area contributed by atoms with Crippen LogP contribution in [0.15, 0.2) is 24.3 Å². The lowest BCUT2D eigenvalue weighted by molar-refractivity contribution is 0.203. The van der Waals surface area contributed by atoms with Gasteiger partial charge in [0.25, 0.3) is 0 Å². The maximum Gasteiger partial charge on any atom is 0.0239 e. The Labute approximate surface area is 123 Å². The van der Waals surface area contributed by atoms with Crippen LogP contribution in [0.2, 0.25) is 0 Å². The number of nitrogens with zero attached hydrogens (tertiary/aromatic N) is 1. The van der Waals surface area contributed by atoms with Gasteiger partial charge in [-0.15, -0.1) is 0 Å². The Bertz CT molecular complexity index is 433. The molecule has 0 aromatic heterocycles. The van der Waals surface area contributed by atoms with Gasteiger partial charge in [0.1, 0.15) is 0 Å². The van der Waals surface area contributed by atoms with Crippen molar-refractivity contribution in [2.24, 2.45) is 5.92 Å². The van der Waals surface area contributed by atoms with E-state index in [0.29, 0.717) is 6.04 Å². The summed E-state index contributed by atoms with van der Waals surface area (Å²) in [6.07, 6.45) is 5.60. The van der Waals surface area contributed by atoms with Crippen LogP contribution in [0.1, 0.15) is 50.7 Å². The molecule has 2 fully saturated rings. The summed E-state index contributed by atoms with van der Waals surface area (Å²) < 4.78 is 0. The molecule has 2 aliphatic rings. The van der Waals surface area contributed by atoms with Crippen LogP contribution in [-0.4, -0.2) is 23.5 Å². The molecule has 0 radical (unpaired) electrons. The summed E-state index contributed by atoms with van der Waals surface area (Å²) in [6.45, 7) is 8.08. The van der Waals surface area contributed by atoms with Crippen LogP contribution in [0, 0.1) is 5.92 Å². The van der Waals surface area contributed by atoms with Crippen molar-refractivity contribution in [2.45, 2.75) is 64.7 Å². The summed E-state index contributed by atoms with van der Waals surface area (Å²) in [4.78, 5) is 2.65. The lowest BCUT2D eigenvalue weighted by Gasteiger charge is -2.27.